The fourth-order valence-corrected chi connectivity index (χ4v) is 3.21. The van der Waals surface area contributed by atoms with Gasteiger partial charge in [0.25, 0.3) is 5.91 Å². The highest BCUT2D eigenvalue weighted by Crippen LogP contribution is 2.21. The zero-order chi connectivity index (χ0) is 22.3. The van der Waals surface area contributed by atoms with Crippen LogP contribution in [-0.4, -0.2) is 34.9 Å². The first-order valence-electron chi connectivity index (χ1n) is 10.1. The molecule has 2 amide bonds. The van der Waals surface area contributed by atoms with E-state index in [-0.39, 0.29) is 24.0 Å². The average Bonchev–Trinajstić information content (AvgIpc) is 2.68. The Morgan fingerprint density at radius 2 is 1.80 bits per heavy atom. The number of aryl methyl sites for hydroxylation is 1. The Balaban J connectivity index is 2.21. The van der Waals surface area contributed by atoms with E-state index >= 15 is 0 Å². The number of hydrogen-bond acceptors (Lipinski definition) is 3. The van der Waals surface area contributed by atoms with Gasteiger partial charge >= 0.3 is 0 Å². The maximum atomic E-state index is 13.1. The SMILES string of the molecule is CC[C@@H](C(=O)NC(C)(C)C)N(Cc1ccccc1)C(=O)COc1ccc(Cl)c(C)c1. The minimum absolute atomic E-state index is 0.160. The van der Waals surface area contributed by atoms with Crippen LogP contribution in [0.3, 0.4) is 0 Å². The van der Waals surface area contributed by atoms with Gasteiger partial charge in [-0.25, -0.2) is 0 Å². The second-order valence-electron chi connectivity index (χ2n) is 8.37. The highest BCUT2D eigenvalue weighted by Gasteiger charge is 2.30. The average molecular weight is 431 g/mol. The normalized spacial score (nSPS) is 12.2. The van der Waals surface area contributed by atoms with Crippen LogP contribution in [0.25, 0.3) is 0 Å². The van der Waals surface area contributed by atoms with E-state index in [1.54, 1.807) is 23.1 Å². The molecule has 0 heterocycles. The van der Waals surface area contributed by atoms with Crippen LogP contribution in [0.15, 0.2) is 48.5 Å². The summed E-state index contributed by atoms with van der Waals surface area (Å²) >= 11 is 6.06. The lowest BCUT2D eigenvalue weighted by Gasteiger charge is -2.33. The molecule has 5 nitrogen and oxygen atoms in total. The summed E-state index contributed by atoms with van der Waals surface area (Å²) < 4.78 is 5.72. The number of halogens is 1. The number of ether oxygens (including phenoxy) is 1. The Morgan fingerprint density at radius 1 is 1.13 bits per heavy atom. The van der Waals surface area contributed by atoms with Crippen molar-refractivity contribution in [2.75, 3.05) is 6.61 Å². The lowest BCUT2D eigenvalue weighted by Crippen LogP contribution is -2.54. The molecule has 0 spiro atoms. The molecular formula is C24H31ClN2O3. The zero-order valence-corrected chi connectivity index (χ0v) is 19.1. The summed E-state index contributed by atoms with van der Waals surface area (Å²) in [5.41, 5.74) is 1.44. The minimum Gasteiger partial charge on any atom is -0.484 e. The van der Waals surface area contributed by atoms with Crippen molar-refractivity contribution in [2.24, 2.45) is 0 Å². The van der Waals surface area contributed by atoms with Crippen molar-refractivity contribution in [2.45, 2.75) is 59.2 Å². The van der Waals surface area contributed by atoms with Gasteiger partial charge < -0.3 is 15.0 Å². The fraction of sp³-hybridized carbons (Fsp3) is 0.417. The summed E-state index contributed by atoms with van der Waals surface area (Å²) in [5.74, 6) is 0.149. The molecule has 2 rings (SSSR count). The topological polar surface area (TPSA) is 58.6 Å². The number of nitrogens with one attached hydrogen (secondary N) is 1. The van der Waals surface area contributed by atoms with Crippen LogP contribution in [0.2, 0.25) is 5.02 Å². The minimum atomic E-state index is -0.590. The predicted octanol–water partition coefficient (Wildman–Crippen LogP) is 4.75. The van der Waals surface area contributed by atoms with Crippen LogP contribution in [0.1, 0.15) is 45.2 Å². The summed E-state index contributed by atoms with van der Waals surface area (Å²) in [6, 6.07) is 14.3. The van der Waals surface area contributed by atoms with Gasteiger partial charge in [0.2, 0.25) is 5.91 Å². The van der Waals surface area contributed by atoms with E-state index in [2.05, 4.69) is 5.32 Å². The quantitative estimate of drug-likeness (QED) is 0.657. The molecule has 0 aliphatic carbocycles. The summed E-state index contributed by atoms with van der Waals surface area (Å²) in [6.45, 7) is 9.73. The predicted molar refractivity (Wildman–Crippen MR) is 121 cm³/mol. The monoisotopic (exact) mass is 430 g/mol. The third kappa shape index (κ3) is 7.06. The van der Waals surface area contributed by atoms with Crippen molar-refractivity contribution in [3.8, 4) is 5.75 Å². The molecule has 6 heteroatoms. The van der Waals surface area contributed by atoms with Crippen LogP contribution in [0, 0.1) is 6.92 Å². The number of carbonyl (C=O) groups excluding carboxylic acids is 2. The van der Waals surface area contributed by atoms with E-state index in [0.717, 1.165) is 11.1 Å². The number of benzene rings is 2. The molecule has 0 aliphatic heterocycles. The molecule has 2 aromatic rings. The van der Waals surface area contributed by atoms with Gasteiger partial charge in [-0.3, -0.25) is 9.59 Å². The number of nitrogens with zero attached hydrogens (tertiary/aromatic N) is 1. The Morgan fingerprint density at radius 3 is 2.37 bits per heavy atom. The van der Waals surface area contributed by atoms with Crippen molar-refractivity contribution in [1.82, 2.24) is 10.2 Å². The third-order valence-corrected chi connectivity index (χ3v) is 5.00. The van der Waals surface area contributed by atoms with Crippen LogP contribution in [-0.2, 0) is 16.1 Å². The Hall–Kier alpha value is -2.53. The van der Waals surface area contributed by atoms with Crippen molar-refractivity contribution in [3.05, 3.63) is 64.7 Å². The molecule has 1 N–H and O–H groups in total. The molecule has 0 aromatic heterocycles. The first kappa shape index (κ1) is 23.7. The molecule has 0 bridgehead atoms. The molecule has 0 saturated carbocycles. The Labute approximate surface area is 184 Å². The maximum Gasteiger partial charge on any atom is 0.261 e. The van der Waals surface area contributed by atoms with Gasteiger partial charge in [0.15, 0.2) is 6.61 Å². The van der Waals surface area contributed by atoms with Gasteiger partial charge in [0.1, 0.15) is 11.8 Å². The van der Waals surface area contributed by atoms with Gasteiger partial charge in [0, 0.05) is 17.1 Å². The van der Waals surface area contributed by atoms with Gasteiger partial charge in [0.05, 0.1) is 0 Å². The summed E-state index contributed by atoms with van der Waals surface area (Å²) in [5, 5.41) is 3.63. The van der Waals surface area contributed by atoms with E-state index in [4.69, 9.17) is 16.3 Å². The molecule has 0 fully saturated rings. The van der Waals surface area contributed by atoms with E-state index < -0.39 is 6.04 Å². The van der Waals surface area contributed by atoms with E-state index in [1.807, 2.05) is 65.0 Å². The lowest BCUT2D eigenvalue weighted by atomic mass is 10.1. The van der Waals surface area contributed by atoms with Crippen LogP contribution >= 0.6 is 11.6 Å². The molecule has 0 radical (unpaired) electrons. The van der Waals surface area contributed by atoms with E-state index in [9.17, 15) is 9.59 Å². The Bertz CT molecular complexity index is 862. The molecule has 1 atom stereocenters. The van der Waals surface area contributed by atoms with Crippen molar-refractivity contribution in [1.29, 1.82) is 0 Å². The first-order valence-corrected chi connectivity index (χ1v) is 10.5. The number of carbonyl (C=O) groups is 2. The highest BCUT2D eigenvalue weighted by molar-refractivity contribution is 6.31. The van der Waals surface area contributed by atoms with Gasteiger partial charge in [-0.2, -0.15) is 0 Å². The number of rotatable bonds is 8. The fourth-order valence-electron chi connectivity index (χ4n) is 3.09. The smallest absolute Gasteiger partial charge is 0.261 e. The third-order valence-electron chi connectivity index (χ3n) is 4.57. The second-order valence-corrected chi connectivity index (χ2v) is 8.78. The van der Waals surface area contributed by atoms with Crippen LogP contribution < -0.4 is 10.1 Å². The summed E-state index contributed by atoms with van der Waals surface area (Å²) in [6.07, 6.45) is 0.501. The molecular weight excluding hydrogens is 400 g/mol. The van der Waals surface area contributed by atoms with Crippen molar-refractivity contribution >= 4 is 23.4 Å². The lowest BCUT2D eigenvalue weighted by molar-refractivity contribution is -0.143. The molecule has 30 heavy (non-hydrogen) atoms. The zero-order valence-electron chi connectivity index (χ0n) is 18.4. The van der Waals surface area contributed by atoms with E-state index in [0.29, 0.717) is 23.7 Å². The second kappa shape index (κ2) is 10.5. The molecule has 0 saturated heterocycles. The van der Waals surface area contributed by atoms with Crippen LogP contribution in [0.5, 0.6) is 5.75 Å². The molecule has 162 valence electrons. The van der Waals surface area contributed by atoms with Gasteiger partial charge in [-0.15, -0.1) is 0 Å². The van der Waals surface area contributed by atoms with Crippen molar-refractivity contribution < 1.29 is 14.3 Å². The molecule has 0 unspecified atom stereocenters. The molecule has 0 aliphatic rings. The number of hydrogen-bond donors (Lipinski definition) is 1. The molecule has 2 aromatic carbocycles. The van der Waals surface area contributed by atoms with Gasteiger partial charge in [-0.1, -0.05) is 48.9 Å². The van der Waals surface area contributed by atoms with Crippen LogP contribution in [0.4, 0.5) is 0 Å². The van der Waals surface area contributed by atoms with E-state index in [1.165, 1.54) is 0 Å². The maximum absolute atomic E-state index is 13.1. The highest BCUT2D eigenvalue weighted by atomic mass is 35.5. The van der Waals surface area contributed by atoms with Crippen molar-refractivity contribution in [3.63, 3.8) is 0 Å². The number of amides is 2. The largest absolute Gasteiger partial charge is 0.484 e. The standard InChI is InChI=1S/C24H31ClN2O3/c1-6-21(23(29)26-24(3,4)5)27(15-18-10-8-7-9-11-18)22(28)16-30-19-12-13-20(25)17(2)14-19/h7-14,21H,6,15-16H2,1-5H3,(H,26,29)/t21-/m0/s1. The Kier molecular flexibility index (Phi) is 8.30. The summed E-state index contributed by atoms with van der Waals surface area (Å²) in [4.78, 5) is 27.7. The van der Waals surface area contributed by atoms with Gasteiger partial charge in [-0.05, 0) is 63.4 Å². The summed E-state index contributed by atoms with van der Waals surface area (Å²) in [7, 11) is 0. The first-order chi connectivity index (χ1) is 14.1.